The SMILES string of the molecule is CON=C(C(=O)N[C@@H]1C(=O)N[C@@H]1C(=O)OC)c1csc(=O)[nH]1. The fraction of sp³-hybridized carbons (Fsp3) is 0.364. The minimum Gasteiger partial charge on any atom is -0.467 e. The fourth-order valence-electron chi connectivity index (χ4n) is 1.76. The lowest BCUT2D eigenvalue weighted by Gasteiger charge is -2.34. The molecule has 0 aromatic carbocycles. The van der Waals surface area contributed by atoms with E-state index in [-0.39, 0.29) is 16.3 Å². The Labute approximate surface area is 127 Å². The lowest BCUT2D eigenvalue weighted by molar-refractivity contribution is -0.153. The average molecular weight is 328 g/mol. The van der Waals surface area contributed by atoms with Crippen molar-refractivity contribution in [3.63, 3.8) is 0 Å². The van der Waals surface area contributed by atoms with E-state index >= 15 is 0 Å². The van der Waals surface area contributed by atoms with Gasteiger partial charge in [-0.15, -0.1) is 0 Å². The van der Waals surface area contributed by atoms with E-state index in [0.29, 0.717) is 0 Å². The molecule has 1 saturated heterocycles. The van der Waals surface area contributed by atoms with Gasteiger partial charge < -0.3 is 25.2 Å². The summed E-state index contributed by atoms with van der Waals surface area (Å²) in [5, 5.41) is 9.57. The summed E-state index contributed by atoms with van der Waals surface area (Å²) >= 11 is 0.843. The molecule has 118 valence electrons. The fourth-order valence-corrected chi connectivity index (χ4v) is 2.33. The standard InChI is InChI=1S/C11H12N4O6S/c1-20-10(18)7-6(9(17)14-7)13-8(16)5(15-21-2)4-3-22-11(19)12-4/h3,6-7H,1-2H3,(H,12,19)(H,13,16)(H,14,17)/t6-,7-/m0/s1. The molecule has 2 heterocycles. The van der Waals surface area contributed by atoms with E-state index in [0.717, 1.165) is 11.3 Å². The van der Waals surface area contributed by atoms with Crippen LogP contribution in [0.4, 0.5) is 0 Å². The van der Waals surface area contributed by atoms with Gasteiger partial charge in [0.05, 0.1) is 12.8 Å². The lowest BCUT2D eigenvalue weighted by atomic mass is 9.99. The Morgan fingerprint density at radius 1 is 1.36 bits per heavy atom. The molecule has 0 radical (unpaired) electrons. The van der Waals surface area contributed by atoms with Gasteiger partial charge in [-0.05, 0) is 0 Å². The van der Waals surface area contributed by atoms with Gasteiger partial charge in [0.2, 0.25) is 5.91 Å². The molecule has 1 fully saturated rings. The normalized spacial score (nSPS) is 20.6. The maximum Gasteiger partial charge on any atom is 0.331 e. The predicted molar refractivity (Wildman–Crippen MR) is 74.4 cm³/mol. The summed E-state index contributed by atoms with van der Waals surface area (Å²) < 4.78 is 4.50. The van der Waals surface area contributed by atoms with Crippen molar-refractivity contribution in [2.24, 2.45) is 5.16 Å². The number of H-pyrrole nitrogens is 1. The zero-order valence-corrected chi connectivity index (χ0v) is 12.4. The Bertz CT molecular complexity index is 693. The number of β-lactam (4-membered cyclic amide) rings is 1. The number of nitrogens with one attached hydrogen (secondary N) is 3. The minimum atomic E-state index is -1.08. The van der Waals surface area contributed by atoms with E-state index < -0.39 is 29.9 Å². The van der Waals surface area contributed by atoms with Crippen molar-refractivity contribution in [3.8, 4) is 0 Å². The Hall–Kier alpha value is -2.69. The van der Waals surface area contributed by atoms with Gasteiger partial charge in [-0.25, -0.2) is 4.79 Å². The maximum absolute atomic E-state index is 12.2. The molecule has 3 N–H and O–H groups in total. The van der Waals surface area contributed by atoms with Gasteiger partial charge >= 0.3 is 10.8 Å². The number of aromatic nitrogens is 1. The molecular weight excluding hydrogens is 316 g/mol. The Morgan fingerprint density at radius 3 is 2.59 bits per heavy atom. The topological polar surface area (TPSA) is 139 Å². The zero-order chi connectivity index (χ0) is 16.3. The van der Waals surface area contributed by atoms with Crippen molar-refractivity contribution in [2.75, 3.05) is 14.2 Å². The van der Waals surface area contributed by atoms with Crippen LogP contribution in [0, 0.1) is 0 Å². The summed E-state index contributed by atoms with van der Waals surface area (Å²) in [5.41, 5.74) is -0.0761. The number of thiazole rings is 1. The van der Waals surface area contributed by atoms with Crippen LogP contribution in [-0.4, -0.2) is 54.8 Å². The van der Waals surface area contributed by atoms with E-state index in [2.05, 4.69) is 30.3 Å². The third-order valence-electron chi connectivity index (χ3n) is 2.83. The zero-order valence-electron chi connectivity index (χ0n) is 11.5. The van der Waals surface area contributed by atoms with Gasteiger partial charge in [-0.2, -0.15) is 0 Å². The third-order valence-corrected chi connectivity index (χ3v) is 3.50. The molecule has 0 bridgehead atoms. The van der Waals surface area contributed by atoms with E-state index in [9.17, 15) is 19.2 Å². The van der Waals surface area contributed by atoms with E-state index in [1.807, 2.05) is 0 Å². The van der Waals surface area contributed by atoms with Crippen molar-refractivity contribution in [1.29, 1.82) is 0 Å². The van der Waals surface area contributed by atoms with Gasteiger partial charge in [-0.1, -0.05) is 16.5 Å². The smallest absolute Gasteiger partial charge is 0.331 e. The number of nitrogens with zero attached hydrogens (tertiary/aromatic N) is 1. The lowest BCUT2D eigenvalue weighted by Crippen LogP contribution is -2.72. The molecule has 11 heteroatoms. The highest BCUT2D eigenvalue weighted by atomic mass is 32.1. The minimum absolute atomic E-state index is 0.142. The summed E-state index contributed by atoms with van der Waals surface area (Å²) in [7, 11) is 2.39. The number of esters is 1. The van der Waals surface area contributed by atoms with Crippen molar-refractivity contribution in [1.82, 2.24) is 15.6 Å². The van der Waals surface area contributed by atoms with Crippen molar-refractivity contribution >= 4 is 34.8 Å². The highest BCUT2D eigenvalue weighted by Gasteiger charge is 2.46. The molecular formula is C11H12N4O6S. The van der Waals surface area contributed by atoms with Crippen LogP contribution in [0.1, 0.15) is 5.69 Å². The molecule has 2 rings (SSSR count). The monoisotopic (exact) mass is 328 g/mol. The average Bonchev–Trinajstić information content (AvgIpc) is 2.92. The second-order valence-electron chi connectivity index (χ2n) is 4.14. The van der Waals surface area contributed by atoms with Crippen LogP contribution in [0.3, 0.4) is 0 Å². The van der Waals surface area contributed by atoms with Crippen LogP contribution < -0.4 is 15.5 Å². The number of carbonyl (C=O) groups is 3. The number of hydrogen-bond donors (Lipinski definition) is 3. The molecule has 0 spiro atoms. The molecule has 0 saturated carbocycles. The maximum atomic E-state index is 12.2. The molecule has 2 atom stereocenters. The first kappa shape index (κ1) is 15.7. The van der Waals surface area contributed by atoms with Gasteiger partial charge in [0.25, 0.3) is 5.91 Å². The summed E-state index contributed by atoms with van der Waals surface area (Å²) in [6.45, 7) is 0. The first-order chi connectivity index (χ1) is 10.5. The molecule has 0 aliphatic carbocycles. The van der Waals surface area contributed by atoms with Crippen molar-refractivity contribution in [2.45, 2.75) is 12.1 Å². The van der Waals surface area contributed by atoms with Gasteiger partial charge in [0, 0.05) is 5.38 Å². The second-order valence-corrected chi connectivity index (χ2v) is 4.99. The molecule has 1 aliphatic heterocycles. The number of methoxy groups -OCH3 is 1. The summed E-state index contributed by atoms with van der Waals surface area (Å²) in [6.07, 6.45) is 0. The van der Waals surface area contributed by atoms with Crippen LogP contribution in [-0.2, 0) is 24.0 Å². The molecule has 0 unspecified atom stereocenters. The van der Waals surface area contributed by atoms with Crippen LogP contribution in [0.25, 0.3) is 0 Å². The van der Waals surface area contributed by atoms with E-state index in [1.54, 1.807) is 0 Å². The number of rotatable bonds is 5. The number of ether oxygens (including phenoxy) is 1. The quantitative estimate of drug-likeness (QED) is 0.246. The molecule has 2 amide bonds. The number of carbonyl (C=O) groups excluding carboxylic acids is 3. The van der Waals surface area contributed by atoms with Crippen LogP contribution in [0.2, 0.25) is 0 Å². The molecule has 22 heavy (non-hydrogen) atoms. The second kappa shape index (κ2) is 6.39. The largest absolute Gasteiger partial charge is 0.467 e. The third kappa shape index (κ3) is 2.98. The number of oxime groups is 1. The Balaban J connectivity index is 2.15. The van der Waals surface area contributed by atoms with Gasteiger partial charge in [-0.3, -0.25) is 14.4 Å². The van der Waals surface area contributed by atoms with Crippen LogP contribution in [0.5, 0.6) is 0 Å². The van der Waals surface area contributed by atoms with Crippen LogP contribution >= 0.6 is 11.3 Å². The predicted octanol–water partition coefficient (Wildman–Crippen LogP) is -2.06. The number of aromatic amines is 1. The van der Waals surface area contributed by atoms with E-state index in [1.165, 1.54) is 19.6 Å². The highest BCUT2D eigenvalue weighted by Crippen LogP contribution is 2.09. The van der Waals surface area contributed by atoms with Crippen molar-refractivity contribution in [3.05, 3.63) is 20.7 Å². The molecule has 1 aromatic rings. The highest BCUT2D eigenvalue weighted by molar-refractivity contribution is 7.07. The van der Waals surface area contributed by atoms with Gasteiger partial charge in [0.1, 0.15) is 13.2 Å². The summed E-state index contributed by atoms with van der Waals surface area (Å²) in [4.78, 5) is 52.8. The van der Waals surface area contributed by atoms with Crippen LogP contribution in [0.15, 0.2) is 15.3 Å². The first-order valence-electron chi connectivity index (χ1n) is 5.96. The first-order valence-corrected chi connectivity index (χ1v) is 6.84. The number of hydrogen-bond acceptors (Lipinski definition) is 8. The Morgan fingerprint density at radius 2 is 2.09 bits per heavy atom. The summed E-state index contributed by atoms with van der Waals surface area (Å²) in [6, 6.07) is -2.04. The summed E-state index contributed by atoms with van der Waals surface area (Å²) in [5.74, 6) is -1.98. The Kier molecular flexibility index (Phi) is 4.56. The molecule has 1 aliphatic rings. The molecule has 10 nitrogen and oxygen atoms in total. The molecule has 1 aromatic heterocycles. The van der Waals surface area contributed by atoms with E-state index in [4.69, 9.17) is 0 Å². The number of amides is 2. The van der Waals surface area contributed by atoms with Crippen molar-refractivity contribution < 1.29 is 24.0 Å². The van der Waals surface area contributed by atoms with Gasteiger partial charge in [0.15, 0.2) is 11.8 Å².